The maximum atomic E-state index is 12.6. The Labute approximate surface area is 131 Å². The number of allylic oxidation sites excluding steroid dienone is 4. The summed E-state index contributed by atoms with van der Waals surface area (Å²) < 4.78 is 0. The van der Waals surface area contributed by atoms with E-state index in [2.05, 4.69) is 30.3 Å². The predicted octanol–water partition coefficient (Wildman–Crippen LogP) is 4.85. The van der Waals surface area contributed by atoms with Crippen molar-refractivity contribution in [3.63, 3.8) is 0 Å². The van der Waals surface area contributed by atoms with Crippen molar-refractivity contribution < 1.29 is 4.79 Å². The number of benzene rings is 2. The number of Topliss-reactive ketones (excluding diaryl/α,β-unsaturated/α-hetero) is 1. The third-order valence-electron chi connectivity index (χ3n) is 4.79. The van der Waals surface area contributed by atoms with Crippen LogP contribution in [0.2, 0.25) is 0 Å². The molecule has 4 rings (SSSR count). The highest BCUT2D eigenvalue weighted by atomic mass is 16.1. The molecule has 22 heavy (non-hydrogen) atoms. The van der Waals surface area contributed by atoms with E-state index in [0.29, 0.717) is 5.92 Å². The molecule has 0 saturated heterocycles. The van der Waals surface area contributed by atoms with Crippen LogP contribution in [0.3, 0.4) is 0 Å². The highest BCUT2D eigenvalue weighted by Crippen LogP contribution is 2.41. The first-order valence-electron chi connectivity index (χ1n) is 7.92. The molecule has 0 saturated carbocycles. The Morgan fingerprint density at radius 2 is 1.68 bits per heavy atom. The maximum absolute atomic E-state index is 12.6. The predicted molar refractivity (Wildman–Crippen MR) is 89.7 cm³/mol. The van der Waals surface area contributed by atoms with E-state index in [4.69, 9.17) is 0 Å². The normalized spacial score (nSPS) is 19.5. The Morgan fingerprint density at radius 1 is 0.909 bits per heavy atom. The smallest absolute Gasteiger partial charge is 0.189 e. The molecule has 0 bridgehead atoms. The maximum Gasteiger partial charge on any atom is 0.189 e. The summed E-state index contributed by atoms with van der Waals surface area (Å²) in [5.74, 6) is 0.664. The Kier molecular flexibility index (Phi) is 3.27. The van der Waals surface area contributed by atoms with Gasteiger partial charge in [0.1, 0.15) is 0 Å². The molecular formula is C21H18O. The number of hydrogen-bond donors (Lipinski definition) is 0. The van der Waals surface area contributed by atoms with Gasteiger partial charge in [-0.1, -0.05) is 66.7 Å². The highest BCUT2D eigenvalue weighted by molar-refractivity contribution is 6.09. The van der Waals surface area contributed by atoms with Gasteiger partial charge in [0.2, 0.25) is 0 Å². The fourth-order valence-electron chi connectivity index (χ4n) is 3.63. The average Bonchev–Trinajstić information content (AvgIpc) is 2.61. The zero-order valence-corrected chi connectivity index (χ0v) is 12.5. The van der Waals surface area contributed by atoms with Crippen molar-refractivity contribution in [1.82, 2.24) is 0 Å². The van der Waals surface area contributed by atoms with Crippen LogP contribution in [-0.4, -0.2) is 5.78 Å². The molecule has 2 aliphatic carbocycles. The lowest BCUT2D eigenvalue weighted by molar-refractivity contribution is 0.102. The minimum atomic E-state index is 0.176. The number of rotatable bonds is 2. The number of aryl methyl sites for hydroxylation is 1. The molecule has 2 aliphatic rings. The molecule has 1 heteroatoms. The fourth-order valence-corrected chi connectivity index (χ4v) is 3.63. The van der Waals surface area contributed by atoms with Crippen LogP contribution in [0.25, 0.3) is 5.57 Å². The second kappa shape index (κ2) is 5.42. The Morgan fingerprint density at radius 3 is 2.55 bits per heavy atom. The van der Waals surface area contributed by atoms with Crippen molar-refractivity contribution in [2.75, 3.05) is 0 Å². The number of hydrogen-bond acceptors (Lipinski definition) is 1. The van der Waals surface area contributed by atoms with Crippen molar-refractivity contribution in [3.8, 4) is 0 Å². The standard InChI is InChI=1S/C21H18O/c22-21(16-7-2-1-3-8-16)18-12-13-20-17(14-18)11-10-15-6-4-5-9-19(15)20/h1-9,12-13,17H,10-11,14H2/t17-/m0/s1. The molecule has 0 N–H and O–H groups in total. The van der Waals surface area contributed by atoms with E-state index in [1.54, 1.807) is 0 Å². The number of carbonyl (C=O) groups excluding carboxylic acids is 1. The van der Waals surface area contributed by atoms with Crippen LogP contribution in [0.5, 0.6) is 0 Å². The topological polar surface area (TPSA) is 17.1 Å². The molecule has 0 unspecified atom stereocenters. The lowest BCUT2D eigenvalue weighted by Gasteiger charge is -2.30. The molecule has 0 spiro atoms. The monoisotopic (exact) mass is 286 g/mol. The lowest BCUT2D eigenvalue weighted by atomic mass is 9.73. The SMILES string of the molecule is O=C(C1=CC=C2c3ccccc3CC[C@H]2C1)c1ccccc1. The van der Waals surface area contributed by atoms with E-state index < -0.39 is 0 Å². The number of ketones is 1. The molecule has 0 fully saturated rings. The van der Waals surface area contributed by atoms with Crippen LogP contribution < -0.4 is 0 Å². The van der Waals surface area contributed by atoms with E-state index >= 15 is 0 Å². The Bertz CT molecular complexity index is 781. The second-order valence-electron chi connectivity index (χ2n) is 6.11. The molecule has 1 nitrogen and oxygen atoms in total. The fraction of sp³-hybridized carbons (Fsp3) is 0.190. The first-order valence-corrected chi connectivity index (χ1v) is 7.92. The van der Waals surface area contributed by atoms with Gasteiger partial charge in [0.25, 0.3) is 0 Å². The third-order valence-corrected chi connectivity index (χ3v) is 4.79. The van der Waals surface area contributed by atoms with E-state index in [-0.39, 0.29) is 5.78 Å². The summed E-state index contributed by atoms with van der Waals surface area (Å²) in [6.45, 7) is 0. The summed E-state index contributed by atoms with van der Waals surface area (Å²) in [6, 6.07) is 18.3. The summed E-state index contributed by atoms with van der Waals surface area (Å²) in [6.07, 6.45) is 7.33. The van der Waals surface area contributed by atoms with Gasteiger partial charge in [0, 0.05) is 11.1 Å². The van der Waals surface area contributed by atoms with E-state index in [1.165, 1.54) is 16.7 Å². The summed E-state index contributed by atoms with van der Waals surface area (Å²) in [7, 11) is 0. The van der Waals surface area contributed by atoms with Crippen LogP contribution >= 0.6 is 0 Å². The molecular weight excluding hydrogens is 268 g/mol. The second-order valence-corrected chi connectivity index (χ2v) is 6.11. The van der Waals surface area contributed by atoms with Crippen molar-refractivity contribution in [2.45, 2.75) is 19.3 Å². The molecule has 1 atom stereocenters. The van der Waals surface area contributed by atoms with Gasteiger partial charge in [0.05, 0.1) is 0 Å². The van der Waals surface area contributed by atoms with Gasteiger partial charge < -0.3 is 0 Å². The summed E-state index contributed by atoms with van der Waals surface area (Å²) in [5.41, 5.74) is 5.96. The van der Waals surface area contributed by atoms with Gasteiger partial charge in [0.15, 0.2) is 5.78 Å². The first-order chi connectivity index (χ1) is 10.8. The third kappa shape index (κ3) is 2.23. The van der Waals surface area contributed by atoms with Crippen molar-refractivity contribution in [2.24, 2.45) is 5.92 Å². The van der Waals surface area contributed by atoms with Crippen molar-refractivity contribution >= 4 is 11.4 Å². The zero-order chi connectivity index (χ0) is 14.9. The first kappa shape index (κ1) is 13.3. The van der Waals surface area contributed by atoms with Gasteiger partial charge in [-0.15, -0.1) is 0 Å². The minimum Gasteiger partial charge on any atom is -0.289 e. The average molecular weight is 286 g/mol. The zero-order valence-electron chi connectivity index (χ0n) is 12.5. The molecule has 2 aromatic rings. The van der Waals surface area contributed by atoms with Gasteiger partial charge in [-0.2, -0.15) is 0 Å². The van der Waals surface area contributed by atoms with Gasteiger partial charge in [-0.3, -0.25) is 4.79 Å². The van der Waals surface area contributed by atoms with Crippen molar-refractivity contribution in [3.05, 3.63) is 89.0 Å². The molecule has 108 valence electrons. The van der Waals surface area contributed by atoms with E-state index in [9.17, 15) is 4.79 Å². The van der Waals surface area contributed by atoms with Crippen molar-refractivity contribution in [1.29, 1.82) is 0 Å². The summed E-state index contributed by atoms with van der Waals surface area (Å²) in [5, 5.41) is 0. The summed E-state index contributed by atoms with van der Waals surface area (Å²) >= 11 is 0. The number of fused-ring (bicyclic) bond motifs is 3. The Hall–Kier alpha value is -2.41. The van der Waals surface area contributed by atoms with Crippen LogP contribution in [-0.2, 0) is 6.42 Å². The highest BCUT2D eigenvalue weighted by Gasteiger charge is 2.28. The van der Waals surface area contributed by atoms with Crippen LogP contribution in [0.15, 0.2) is 72.3 Å². The molecule has 0 amide bonds. The Balaban J connectivity index is 1.69. The van der Waals surface area contributed by atoms with Crippen LogP contribution in [0, 0.1) is 5.92 Å². The largest absolute Gasteiger partial charge is 0.289 e. The van der Waals surface area contributed by atoms with Gasteiger partial charge >= 0.3 is 0 Å². The number of carbonyl (C=O) groups is 1. The van der Waals surface area contributed by atoms with Gasteiger partial charge in [-0.05, 0) is 41.9 Å². The molecule has 2 aromatic carbocycles. The van der Waals surface area contributed by atoms with Crippen LogP contribution in [0.1, 0.15) is 34.3 Å². The van der Waals surface area contributed by atoms with Crippen LogP contribution in [0.4, 0.5) is 0 Å². The molecule has 0 heterocycles. The van der Waals surface area contributed by atoms with E-state index in [1.807, 2.05) is 36.4 Å². The lowest BCUT2D eigenvalue weighted by Crippen LogP contribution is -2.18. The van der Waals surface area contributed by atoms with E-state index in [0.717, 1.165) is 30.4 Å². The summed E-state index contributed by atoms with van der Waals surface area (Å²) in [4.78, 5) is 12.6. The minimum absolute atomic E-state index is 0.176. The van der Waals surface area contributed by atoms with Gasteiger partial charge in [-0.25, -0.2) is 0 Å². The molecule has 0 aromatic heterocycles. The quantitative estimate of drug-likeness (QED) is 0.722. The molecule has 0 radical (unpaired) electrons. The molecule has 0 aliphatic heterocycles.